The Labute approximate surface area is 203 Å². The van der Waals surface area contributed by atoms with Crippen LogP contribution in [0.2, 0.25) is 0 Å². The number of anilines is 1. The number of carbonyl (C=O) groups excluding carboxylic acids is 1. The summed E-state index contributed by atoms with van der Waals surface area (Å²) in [6.45, 7) is 7.55. The Balaban J connectivity index is 1.36. The van der Waals surface area contributed by atoms with Gasteiger partial charge in [-0.25, -0.2) is 4.98 Å². The number of ether oxygens (including phenoxy) is 4. The average Bonchev–Trinajstić information content (AvgIpc) is 3.30. The van der Waals surface area contributed by atoms with E-state index in [9.17, 15) is 4.79 Å². The maximum absolute atomic E-state index is 13.7. The zero-order valence-electron chi connectivity index (χ0n) is 19.3. The molecule has 1 atom stereocenters. The van der Waals surface area contributed by atoms with E-state index in [0.717, 1.165) is 55.2 Å². The van der Waals surface area contributed by atoms with E-state index in [2.05, 4.69) is 4.90 Å². The van der Waals surface area contributed by atoms with Crippen molar-refractivity contribution < 1.29 is 23.7 Å². The Bertz CT molecular complexity index is 1130. The topological polar surface area (TPSA) is 73.4 Å². The van der Waals surface area contributed by atoms with E-state index in [0.29, 0.717) is 29.8 Å². The van der Waals surface area contributed by atoms with E-state index >= 15 is 0 Å². The quantitative estimate of drug-likeness (QED) is 0.485. The number of aromatic nitrogens is 1. The van der Waals surface area contributed by atoms with E-state index in [1.807, 2.05) is 49.4 Å². The van der Waals surface area contributed by atoms with Gasteiger partial charge in [-0.1, -0.05) is 23.5 Å². The monoisotopic (exact) mass is 483 g/mol. The minimum Gasteiger partial charge on any atom is -0.494 e. The number of benzene rings is 2. The van der Waals surface area contributed by atoms with Gasteiger partial charge in [0, 0.05) is 26.2 Å². The number of amides is 1. The van der Waals surface area contributed by atoms with Gasteiger partial charge in [-0.15, -0.1) is 0 Å². The van der Waals surface area contributed by atoms with Gasteiger partial charge in [0.1, 0.15) is 12.4 Å². The molecule has 2 aromatic carbocycles. The number of carbonyl (C=O) groups is 1. The molecule has 0 saturated carbocycles. The van der Waals surface area contributed by atoms with Crippen molar-refractivity contribution in [3.05, 3.63) is 42.5 Å². The first-order chi connectivity index (χ1) is 16.7. The van der Waals surface area contributed by atoms with Gasteiger partial charge in [0.05, 0.1) is 30.0 Å². The number of hydrogen-bond donors (Lipinski definition) is 0. The van der Waals surface area contributed by atoms with Gasteiger partial charge < -0.3 is 18.9 Å². The lowest BCUT2D eigenvalue weighted by molar-refractivity contribution is -0.127. The summed E-state index contributed by atoms with van der Waals surface area (Å²) in [6, 6.07) is 13.3. The predicted octanol–water partition coefficient (Wildman–Crippen LogP) is 3.59. The smallest absolute Gasteiger partial charge is 0.273 e. The molecule has 0 N–H and O–H groups in total. The van der Waals surface area contributed by atoms with E-state index in [4.69, 9.17) is 23.9 Å². The van der Waals surface area contributed by atoms with Crippen molar-refractivity contribution in [1.29, 1.82) is 0 Å². The summed E-state index contributed by atoms with van der Waals surface area (Å²) in [6.07, 6.45) is 0.111. The van der Waals surface area contributed by atoms with Crippen molar-refractivity contribution in [1.82, 2.24) is 9.88 Å². The van der Waals surface area contributed by atoms with Gasteiger partial charge in [-0.3, -0.25) is 14.6 Å². The lowest BCUT2D eigenvalue weighted by Gasteiger charge is -2.31. The van der Waals surface area contributed by atoms with Crippen LogP contribution in [0.4, 0.5) is 5.13 Å². The molecule has 0 bridgehead atoms. The van der Waals surface area contributed by atoms with Crippen molar-refractivity contribution in [2.24, 2.45) is 0 Å². The SMILES string of the molecule is CCOc1ccc2nc(N(CCCN3CCOCC3)C(=O)C3COc4ccccc4O3)sc2c1. The summed E-state index contributed by atoms with van der Waals surface area (Å²) in [7, 11) is 0. The highest BCUT2D eigenvalue weighted by atomic mass is 32.1. The second-order valence-electron chi connectivity index (χ2n) is 8.22. The Morgan fingerprint density at radius 1 is 1.21 bits per heavy atom. The first-order valence-electron chi connectivity index (χ1n) is 11.7. The molecule has 1 fully saturated rings. The average molecular weight is 484 g/mol. The standard InChI is InChI=1S/C25H29N3O5S/c1-2-31-18-8-9-19-23(16-18)34-25(26-19)28(11-5-10-27-12-14-30-15-13-27)24(29)22-17-32-20-6-3-4-7-21(20)33-22/h3-4,6-9,16,22H,2,5,10-15,17H2,1H3. The van der Waals surface area contributed by atoms with Crippen LogP contribution in [0, 0.1) is 0 Å². The molecule has 0 spiro atoms. The molecule has 9 heteroatoms. The lowest BCUT2D eigenvalue weighted by atomic mass is 10.2. The number of morpholine rings is 1. The fourth-order valence-electron chi connectivity index (χ4n) is 4.16. The minimum absolute atomic E-state index is 0.138. The van der Waals surface area contributed by atoms with Crippen LogP contribution in [0.15, 0.2) is 42.5 Å². The van der Waals surface area contributed by atoms with Crippen LogP contribution < -0.4 is 19.1 Å². The molecule has 1 aromatic heterocycles. The Hall–Kier alpha value is -2.88. The van der Waals surface area contributed by atoms with Crippen LogP contribution in [0.25, 0.3) is 10.2 Å². The second-order valence-corrected chi connectivity index (χ2v) is 9.23. The lowest BCUT2D eigenvalue weighted by Crippen LogP contribution is -2.47. The molecular formula is C25H29N3O5S. The Kier molecular flexibility index (Phi) is 7.13. The first kappa shape index (κ1) is 22.9. The number of para-hydroxylation sites is 2. The molecule has 5 rings (SSSR count). The third-order valence-electron chi connectivity index (χ3n) is 5.90. The number of rotatable bonds is 8. The van der Waals surface area contributed by atoms with Crippen molar-refractivity contribution in [2.75, 3.05) is 57.5 Å². The van der Waals surface area contributed by atoms with Gasteiger partial charge in [0.2, 0.25) is 6.10 Å². The van der Waals surface area contributed by atoms with Crippen molar-refractivity contribution in [3.8, 4) is 17.2 Å². The van der Waals surface area contributed by atoms with Crippen molar-refractivity contribution in [3.63, 3.8) is 0 Å². The zero-order chi connectivity index (χ0) is 23.3. The van der Waals surface area contributed by atoms with Crippen LogP contribution in [0.1, 0.15) is 13.3 Å². The van der Waals surface area contributed by atoms with Gasteiger partial charge in [0.25, 0.3) is 5.91 Å². The molecule has 0 radical (unpaired) electrons. The van der Waals surface area contributed by atoms with Crippen LogP contribution in [0.5, 0.6) is 17.2 Å². The molecular weight excluding hydrogens is 454 g/mol. The normalized spacial score (nSPS) is 18.1. The third-order valence-corrected chi connectivity index (χ3v) is 6.94. The molecule has 2 aliphatic heterocycles. The molecule has 8 nitrogen and oxygen atoms in total. The first-order valence-corrected chi connectivity index (χ1v) is 12.6. The molecule has 0 aliphatic carbocycles. The molecule has 2 aliphatic rings. The summed E-state index contributed by atoms with van der Waals surface area (Å²) in [5, 5.41) is 0.665. The molecule has 3 heterocycles. The van der Waals surface area contributed by atoms with Crippen LogP contribution in [-0.4, -0.2) is 74.5 Å². The summed E-state index contributed by atoms with van der Waals surface area (Å²) in [4.78, 5) is 22.6. The fraction of sp³-hybridized carbons (Fsp3) is 0.440. The van der Waals surface area contributed by atoms with Gasteiger partial charge in [-0.05, 0) is 43.7 Å². The third kappa shape index (κ3) is 5.11. The Morgan fingerprint density at radius 2 is 2.03 bits per heavy atom. The van der Waals surface area contributed by atoms with Crippen molar-refractivity contribution in [2.45, 2.75) is 19.4 Å². The maximum Gasteiger partial charge on any atom is 0.273 e. The van der Waals surface area contributed by atoms with Gasteiger partial charge in [-0.2, -0.15) is 0 Å². The molecule has 1 amide bonds. The highest BCUT2D eigenvalue weighted by molar-refractivity contribution is 7.22. The Morgan fingerprint density at radius 3 is 2.85 bits per heavy atom. The van der Waals surface area contributed by atoms with Crippen LogP contribution in [0.3, 0.4) is 0 Å². The largest absolute Gasteiger partial charge is 0.494 e. The molecule has 180 valence electrons. The number of fused-ring (bicyclic) bond motifs is 2. The van der Waals surface area contributed by atoms with Gasteiger partial charge in [0.15, 0.2) is 16.6 Å². The van der Waals surface area contributed by atoms with Crippen molar-refractivity contribution >= 4 is 32.6 Å². The highest BCUT2D eigenvalue weighted by Crippen LogP contribution is 2.34. The summed E-state index contributed by atoms with van der Waals surface area (Å²) in [5.41, 5.74) is 0.848. The van der Waals surface area contributed by atoms with E-state index in [1.54, 1.807) is 4.90 Å². The van der Waals surface area contributed by atoms with Crippen LogP contribution >= 0.6 is 11.3 Å². The fourth-order valence-corrected chi connectivity index (χ4v) is 5.18. The van der Waals surface area contributed by atoms with Gasteiger partial charge >= 0.3 is 0 Å². The second kappa shape index (κ2) is 10.6. The molecule has 1 unspecified atom stereocenters. The number of thiazole rings is 1. The van der Waals surface area contributed by atoms with E-state index in [-0.39, 0.29) is 12.5 Å². The van der Waals surface area contributed by atoms with E-state index in [1.165, 1.54) is 11.3 Å². The minimum atomic E-state index is -0.718. The zero-order valence-corrected chi connectivity index (χ0v) is 20.1. The number of nitrogens with zero attached hydrogens (tertiary/aromatic N) is 3. The summed E-state index contributed by atoms with van der Waals surface area (Å²) >= 11 is 1.49. The van der Waals surface area contributed by atoms with E-state index < -0.39 is 6.10 Å². The highest BCUT2D eigenvalue weighted by Gasteiger charge is 2.33. The molecule has 1 saturated heterocycles. The van der Waals surface area contributed by atoms with Crippen LogP contribution in [-0.2, 0) is 9.53 Å². The summed E-state index contributed by atoms with van der Waals surface area (Å²) in [5.74, 6) is 1.91. The molecule has 3 aromatic rings. The number of hydrogen-bond acceptors (Lipinski definition) is 8. The predicted molar refractivity (Wildman–Crippen MR) is 131 cm³/mol. The summed E-state index contributed by atoms with van der Waals surface area (Å²) < 4.78 is 23.9. The molecule has 34 heavy (non-hydrogen) atoms. The maximum atomic E-state index is 13.7.